The lowest BCUT2D eigenvalue weighted by atomic mass is 10.2. The van der Waals surface area contributed by atoms with E-state index in [9.17, 15) is 9.59 Å². The lowest BCUT2D eigenvalue weighted by Crippen LogP contribution is -2.14. The van der Waals surface area contributed by atoms with Crippen LogP contribution in [0.25, 0.3) is 0 Å². The van der Waals surface area contributed by atoms with E-state index in [1.165, 1.54) is 7.11 Å². The summed E-state index contributed by atoms with van der Waals surface area (Å²) in [6.45, 7) is 4.48. The third-order valence-electron chi connectivity index (χ3n) is 4.42. The van der Waals surface area contributed by atoms with Crippen molar-refractivity contribution in [1.82, 2.24) is 9.55 Å². The van der Waals surface area contributed by atoms with Crippen LogP contribution in [0, 0.1) is 13.8 Å². The summed E-state index contributed by atoms with van der Waals surface area (Å²) in [5.41, 5.74) is 4.48. The fraction of sp³-hybridized carbons (Fsp3) is 0.190. The molecular weight excluding hydrogens is 356 g/mol. The third-order valence-corrected chi connectivity index (χ3v) is 4.42. The third kappa shape index (κ3) is 4.37. The minimum atomic E-state index is -0.568. The highest BCUT2D eigenvalue weighted by atomic mass is 16.5. The molecule has 144 valence electrons. The standard InChI is InChI=1S/C21H22N4O3/c1-14-11-19(15(2)25(14)13-18-7-4-5-10-22-18)20(26)23-16-8-6-9-17(12-16)24-21(27)28-3/h4-12H,13H2,1-3H3,(H,23,26)(H,24,27). The molecule has 0 aliphatic rings. The van der Waals surface area contributed by atoms with Gasteiger partial charge in [0.15, 0.2) is 0 Å². The molecule has 2 N–H and O–H groups in total. The van der Waals surface area contributed by atoms with E-state index in [0.29, 0.717) is 23.5 Å². The number of benzene rings is 1. The van der Waals surface area contributed by atoms with Crippen LogP contribution in [0.15, 0.2) is 54.7 Å². The highest BCUT2D eigenvalue weighted by Gasteiger charge is 2.16. The molecule has 0 aliphatic heterocycles. The average Bonchev–Trinajstić information content (AvgIpc) is 2.97. The molecule has 0 spiro atoms. The number of aryl methyl sites for hydroxylation is 1. The molecule has 0 saturated heterocycles. The molecule has 3 rings (SSSR count). The molecule has 0 saturated carbocycles. The molecule has 7 nitrogen and oxygen atoms in total. The first-order valence-electron chi connectivity index (χ1n) is 8.81. The summed E-state index contributed by atoms with van der Waals surface area (Å²) < 4.78 is 6.64. The Bertz CT molecular complexity index is 996. The highest BCUT2D eigenvalue weighted by molar-refractivity contribution is 6.05. The topological polar surface area (TPSA) is 85.3 Å². The molecule has 3 aromatic rings. The first-order chi connectivity index (χ1) is 13.5. The maximum absolute atomic E-state index is 12.8. The number of hydrogen-bond donors (Lipinski definition) is 2. The van der Waals surface area contributed by atoms with Gasteiger partial charge in [0.1, 0.15) is 0 Å². The van der Waals surface area contributed by atoms with Crippen LogP contribution in [0.5, 0.6) is 0 Å². The highest BCUT2D eigenvalue weighted by Crippen LogP contribution is 2.20. The Morgan fingerprint density at radius 1 is 1.04 bits per heavy atom. The summed E-state index contributed by atoms with van der Waals surface area (Å²) in [7, 11) is 1.29. The van der Waals surface area contributed by atoms with E-state index in [-0.39, 0.29) is 5.91 Å². The number of nitrogens with zero attached hydrogens (tertiary/aromatic N) is 2. The monoisotopic (exact) mass is 378 g/mol. The fourth-order valence-electron chi connectivity index (χ4n) is 2.97. The largest absolute Gasteiger partial charge is 0.453 e. The Balaban J connectivity index is 1.77. The number of rotatable bonds is 5. The quantitative estimate of drug-likeness (QED) is 0.703. The lowest BCUT2D eigenvalue weighted by Gasteiger charge is -2.10. The summed E-state index contributed by atoms with van der Waals surface area (Å²) in [5.74, 6) is -0.212. The zero-order valence-electron chi connectivity index (χ0n) is 16.0. The second-order valence-corrected chi connectivity index (χ2v) is 6.34. The zero-order valence-corrected chi connectivity index (χ0v) is 16.0. The number of methoxy groups -OCH3 is 1. The van der Waals surface area contributed by atoms with Gasteiger partial charge < -0.3 is 14.6 Å². The molecule has 0 aliphatic carbocycles. The molecule has 2 amide bonds. The number of anilines is 2. The van der Waals surface area contributed by atoms with E-state index >= 15 is 0 Å². The van der Waals surface area contributed by atoms with Gasteiger partial charge in [-0.15, -0.1) is 0 Å². The lowest BCUT2D eigenvalue weighted by molar-refractivity contribution is 0.102. The fourth-order valence-corrected chi connectivity index (χ4v) is 2.97. The van der Waals surface area contributed by atoms with Gasteiger partial charge in [-0.05, 0) is 50.2 Å². The van der Waals surface area contributed by atoms with Crippen LogP contribution in [0.4, 0.5) is 16.2 Å². The van der Waals surface area contributed by atoms with E-state index in [2.05, 4.69) is 24.9 Å². The average molecular weight is 378 g/mol. The Morgan fingerprint density at radius 2 is 1.79 bits per heavy atom. The smallest absolute Gasteiger partial charge is 0.411 e. The second-order valence-electron chi connectivity index (χ2n) is 6.34. The van der Waals surface area contributed by atoms with Crippen LogP contribution in [-0.4, -0.2) is 28.7 Å². The molecule has 2 aromatic heterocycles. The van der Waals surface area contributed by atoms with Gasteiger partial charge in [0, 0.05) is 29.0 Å². The Labute approximate surface area is 163 Å². The van der Waals surface area contributed by atoms with Crippen LogP contribution in [0.2, 0.25) is 0 Å². The van der Waals surface area contributed by atoms with E-state index in [0.717, 1.165) is 17.1 Å². The van der Waals surface area contributed by atoms with Crippen molar-refractivity contribution in [3.05, 3.63) is 77.4 Å². The van der Waals surface area contributed by atoms with Crippen molar-refractivity contribution in [2.24, 2.45) is 0 Å². The van der Waals surface area contributed by atoms with Gasteiger partial charge in [0.2, 0.25) is 0 Å². The summed E-state index contributed by atoms with van der Waals surface area (Å²) in [5, 5.41) is 5.45. The molecule has 7 heteroatoms. The number of carbonyl (C=O) groups is 2. The van der Waals surface area contributed by atoms with E-state index in [1.54, 1.807) is 30.5 Å². The van der Waals surface area contributed by atoms with Crippen LogP contribution in [0.1, 0.15) is 27.4 Å². The van der Waals surface area contributed by atoms with Gasteiger partial charge in [0.05, 0.1) is 24.9 Å². The zero-order chi connectivity index (χ0) is 20.1. The van der Waals surface area contributed by atoms with Gasteiger partial charge in [-0.25, -0.2) is 4.79 Å². The van der Waals surface area contributed by atoms with E-state index < -0.39 is 6.09 Å². The molecule has 0 unspecified atom stereocenters. The van der Waals surface area contributed by atoms with Crippen molar-refractivity contribution in [3.8, 4) is 0 Å². The normalized spacial score (nSPS) is 10.4. The number of aromatic nitrogens is 2. The maximum Gasteiger partial charge on any atom is 0.411 e. The van der Waals surface area contributed by atoms with Crippen molar-refractivity contribution >= 4 is 23.4 Å². The van der Waals surface area contributed by atoms with Crippen molar-refractivity contribution in [3.63, 3.8) is 0 Å². The summed E-state index contributed by atoms with van der Waals surface area (Å²) >= 11 is 0. The first kappa shape index (κ1) is 19.2. The van der Waals surface area contributed by atoms with Crippen LogP contribution < -0.4 is 10.6 Å². The predicted octanol–water partition coefficient (Wildman–Crippen LogP) is 3.98. The van der Waals surface area contributed by atoms with E-state index in [4.69, 9.17) is 0 Å². The van der Waals surface area contributed by atoms with Crippen LogP contribution in [-0.2, 0) is 11.3 Å². The van der Waals surface area contributed by atoms with Crippen molar-refractivity contribution in [1.29, 1.82) is 0 Å². The second kappa shape index (κ2) is 8.39. The number of carbonyl (C=O) groups excluding carboxylic acids is 2. The summed E-state index contributed by atoms with van der Waals surface area (Å²) in [6, 6.07) is 14.5. The number of hydrogen-bond acceptors (Lipinski definition) is 4. The number of ether oxygens (including phenoxy) is 1. The minimum absolute atomic E-state index is 0.212. The van der Waals surface area contributed by atoms with Crippen LogP contribution in [0.3, 0.4) is 0 Å². The minimum Gasteiger partial charge on any atom is -0.453 e. The van der Waals surface area contributed by atoms with Crippen molar-refractivity contribution in [2.45, 2.75) is 20.4 Å². The van der Waals surface area contributed by atoms with E-state index in [1.807, 2.05) is 38.1 Å². The Hall–Kier alpha value is -3.61. The predicted molar refractivity (Wildman–Crippen MR) is 108 cm³/mol. The van der Waals surface area contributed by atoms with Crippen LogP contribution >= 0.6 is 0 Å². The van der Waals surface area contributed by atoms with Gasteiger partial charge in [0.25, 0.3) is 5.91 Å². The van der Waals surface area contributed by atoms with Gasteiger partial charge >= 0.3 is 6.09 Å². The van der Waals surface area contributed by atoms with Crippen molar-refractivity contribution in [2.75, 3.05) is 17.7 Å². The molecule has 0 atom stereocenters. The molecule has 0 fully saturated rings. The summed E-state index contributed by atoms with van der Waals surface area (Å²) in [4.78, 5) is 28.5. The molecule has 28 heavy (non-hydrogen) atoms. The molecule has 0 bridgehead atoms. The van der Waals surface area contributed by atoms with Crippen molar-refractivity contribution < 1.29 is 14.3 Å². The Morgan fingerprint density at radius 3 is 2.46 bits per heavy atom. The number of nitrogens with one attached hydrogen (secondary N) is 2. The molecule has 1 aromatic carbocycles. The van der Waals surface area contributed by atoms with Gasteiger partial charge in [-0.3, -0.25) is 15.1 Å². The molecule has 2 heterocycles. The maximum atomic E-state index is 12.8. The number of pyridine rings is 1. The van der Waals surface area contributed by atoms with Gasteiger partial charge in [-0.1, -0.05) is 12.1 Å². The van der Waals surface area contributed by atoms with Gasteiger partial charge in [-0.2, -0.15) is 0 Å². The Kier molecular flexibility index (Phi) is 5.74. The SMILES string of the molecule is COC(=O)Nc1cccc(NC(=O)c2cc(C)n(Cc3ccccn3)c2C)c1. The molecule has 0 radical (unpaired) electrons. The molecular formula is C21H22N4O3. The number of amides is 2. The summed E-state index contributed by atoms with van der Waals surface area (Å²) in [6.07, 6.45) is 1.19. The first-order valence-corrected chi connectivity index (χ1v) is 8.81.